The van der Waals surface area contributed by atoms with Crippen molar-refractivity contribution < 1.29 is 9.90 Å². The van der Waals surface area contributed by atoms with E-state index in [0.717, 1.165) is 61.8 Å². The fourth-order valence-corrected chi connectivity index (χ4v) is 9.12. The molecule has 0 aliphatic heterocycles. The molecule has 1 amide bonds. The Balaban J connectivity index is 1.42. The van der Waals surface area contributed by atoms with E-state index >= 15 is 0 Å². The lowest BCUT2D eigenvalue weighted by Gasteiger charge is -2.61. The molecule has 2 N–H and O–H groups in total. The zero-order chi connectivity index (χ0) is 21.5. The summed E-state index contributed by atoms with van der Waals surface area (Å²) in [6.45, 7) is 10.6. The van der Waals surface area contributed by atoms with Gasteiger partial charge in [0.15, 0.2) is 0 Å². The van der Waals surface area contributed by atoms with Crippen molar-refractivity contribution >= 4 is 5.91 Å². The second-order valence-corrected chi connectivity index (χ2v) is 12.2. The average molecular weight is 418 g/mol. The van der Waals surface area contributed by atoms with Crippen molar-refractivity contribution in [3.63, 3.8) is 0 Å². The molecule has 0 heterocycles. The minimum atomic E-state index is -0.0419. The number of nitrogens with one attached hydrogen (secondary N) is 1. The molecule has 4 fully saturated rings. The summed E-state index contributed by atoms with van der Waals surface area (Å²) in [5.41, 5.74) is 0.961. The summed E-state index contributed by atoms with van der Waals surface area (Å²) < 4.78 is 0. The molecule has 0 aromatic carbocycles. The highest BCUT2D eigenvalue weighted by Gasteiger charge is 2.60. The molecule has 3 nitrogen and oxygen atoms in total. The van der Waals surface area contributed by atoms with E-state index in [1.807, 2.05) is 0 Å². The van der Waals surface area contributed by atoms with Gasteiger partial charge in [-0.15, -0.1) is 0 Å². The first kappa shape index (κ1) is 22.6. The number of hydrogen-bond donors (Lipinski definition) is 2. The van der Waals surface area contributed by atoms with Gasteiger partial charge in [0.05, 0.1) is 6.10 Å². The van der Waals surface area contributed by atoms with Crippen molar-refractivity contribution in [2.45, 2.75) is 111 Å². The Bertz CT molecular complexity index is 620. The molecule has 0 aromatic heterocycles. The maximum atomic E-state index is 12.1. The van der Waals surface area contributed by atoms with Crippen molar-refractivity contribution in [2.75, 3.05) is 6.54 Å². The standard InChI is InChI=1S/C27H47NO2/c1-5-16-28-25(30)11-6-18(2)22-9-10-23-21-8-7-19-17-20(29)12-14-26(19,3)24(21)13-15-27(22,23)4/h18-24,29H,5-17H2,1-4H3,(H,28,30)/t18?,19-,20-,21+,22?,23+,24+,26+,27-/m1/s1. The van der Waals surface area contributed by atoms with Crippen LogP contribution in [0.5, 0.6) is 0 Å². The quantitative estimate of drug-likeness (QED) is 0.561. The highest BCUT2D eigenvalue weighted by Crippen LogP contribution is 2.68. The number of carbonyl (C=O) groups is 1. The van der Waals surface area contributed by atoms with Crippen LogP contribution in [-0.2, 0) is 4.79 Å². The van der Waals surface area contributed by atoms with Crippen molar-refractivity contribution in [1.29, 1.82) is 0 Å². The summed E-state index contributed by atoms with van der Waals surface area (Å²) in [7, 11) is 0. The summed E-state index contributed by atoms with van der Waals surface area (Å²) in [5, 5.41) is 13.3. The maximum absolute atomic E-state index is 12.1. The number of rotatable bonds is 6. The molecule has 4 rings (SSSR count). The molecule has 30 heavy (non-hydrogen) atoms. The monoisotopic (exact) mass is 417 g/mol. The molecule has 4 aliphatic carbocycles. The fourth-order valence-electron chi connectivity index (χ4n) is 9.12. The van der Waals surface area contributed by atoms with Crippen molar-refractivity contribution in [2.24, 2.45) is 46.3 Å². The van der Waals surface area contributed by atoms with E-state index in [1.165, 1.54) is 44.9 Å². The molecule has 3 heteroatoms. The van der Waals surface area contributed by atoms with Gasteiger partial charge in [0, 0.05) is 13.0 Å². The predicted molar refractivity (Wildman–Crippen MR) is 123 cm³/mol. The number of aliphatic hydroxyl groups is 1. The lowest BCUT2D eigenvalue weighted by Crippen LogP contribution is -2.54. The summed E-state index contributed by atoms with van der Waals surface area (Å²) in [6, 6.07) is 0. The normalized spacial score (nSPS) is 46.4. The van der Waals surface area contributed by atoms with E-state index < -0.39 is 0 Å². The van der Waals surface area contributed by atoms with Crippen LogP contribution >= 0.6 is 0 Å². The van der Waals surface area contributed by atoms with Crippen LogP contribution in [0.3, 0.4) is 0 Å². The summed E-state index contributed by atoms with van der Waals surface area (Å²) in [6.07, 6.45) is 14.4. The van der Waals surface area contributed by atoms with E-state index in [2.05, 4.69) is 33.0 Å². The van der Waals surface area contributed by atoms with Gasteiger partial charge in [-0.05, 0) is 117 Å². The number of aliphatic hydroxyl groups excluding tert-OH is 1. The number of amides is 1. The van der Waals surface area contributed by atoms with Crippen LogP contribution in [0.15, 0.2) is 0 Å². The summed E-state index contributed by atoms with van der Waals surface area (Å²) in [4.78, 5) is 12.1. The van der Waals surface area contributed by atoms with Crippen LogP contribution in [0.25, 0.3) is 0 Å². The fraction of sp³-hybridized carbons (Fsp3) is 0.963. The van der Waals surface area contributed by atoms with E-state index in [9.17, 15) is 9.90 Å². The first-order chi connectivity index (χ1) is 14.3. The Labute approximate surface area is 185 Å². The Morgan fingerprint density at radius 3 is 2.53 bits per heavy atom. The van der Waals surface area contributed by atoms with Crippen LogP contribution in [0.4, 0.5) is 0 Å². The van der Waals surface area contributed by atoms with Crippen molar-refractivity contribution in [3.8, 4) is 0 Å². The molecule has 0 radical (unpaired) electrons. The van der Waals surface area contributed by atoms with Crippen LogP contribution in [0, 0.1) is 46.3 Å². The lowest BCUT2D eigenvalue weighted by molar-refractivity contribution is -0.129. The Morgan fingerprint density at radius 2 is 1.77 bits per heavy atom. The molecule has 4 saturated carbocycles. The smallest absolute Gasteiger partial charge is 0.220 e. The molecule has 0 aromatic rings. The third kappa shape index (κ3) is 3.86. The molecular formula is C27H47NO2. The number of fused-ring (bicyclic) bond motifs is 5. The van der Waals surface area contributed by atoms with Gasteiger partial charge >= 0.3 is 0 Å². The third-order valence-electron chi connectivity index (χ3n) is 10.8. The van der Waals surface area contributed by atoms with Gasteiger partial charge in [0.1, 0.15) is 0 Å². The van der Waals surface area contributed by atoms with E-state index in [0.29, 0.717) is 23.2 Å². The van der Waals surface area contributed by atoms with Gasteiger partial charge in [-0.25, -0.2) is 0 Å². The zero-order valence-corrected chi connectivity index (χ0v) is 20.1. The minimum Gasteiger partial charge on any atom is -0.393 e. The molecule has 0 saturated heterocycles. The van der Waals surface area contributed by atoms with Gasteiger partial charge in [0.2, 0.25) is 5.91 Å². The summed E-state index contributed by atoms with van der Waals surface area (Å²) in [5.74, 6) is 5.13. The highest BCUT2D eigenvalue weighted by molar-refractivity contribution is 5.75. The van der Waals surface area contributed by atoms with E-state index in [4.69, 9.17) is 0 Å². The van der Waals surface area contributed by atoms with Crippen LogP contribution in [-0.4, -0.2) is 23.7 Å². The van der Waals surface area contributed by atoms with Gasteiger partial charge in [-0.2, -0.15) is 0 Å². The number of hydrogen-bond acceptors (Lipinski definition) is 2. The predicted octanol–water partition coefficient (Wildman–Crippen LogP) is 5.95. The molecule has 4 aliphatic rings. The first-order valence-corrected chi connectivity index (χ1v) is 13.2. The highest BCUT2D eigenvalue weighted by atomic mass is 16.3. The van der Waals surface area contributed by atoms with E-state index in [-0.39, 0.29) is 12.0 Å². The largest absolute Gasteiger partial charge is 0.393 e. The van der Waals surface area contributed by atoms with Crippen LogP contribution in [0.1, 0.15) is 105 Å². The Hall–Kier alpha value is -0.570. The SMILES string of the molecule is CCCNC(=O)CCC(C)C1CC[C@H]2[C@@H]3CC[C@@H]4C[C@H](O)CC[C@]4(C)[C@H]3CC[C@]12C. The van der Waals surface area contributed by atoms with Gasteiger partial charge in [-0.1, -0.05) is 27.7 Å². The minimum absolute atomic E-state index is 0.0419. The topological polar surface area (TPSA) is 49.3 Å². The molecule has 0 spiro atoms. The Morgan fingerprint density at radius 1 is 1.03 bits per heavy atom. The molecule has 9 atom stereocenters. The van der Waals surface area contributed by atoms with Crippen LogP contribution in [0.2, 0.25) is 0 Å². The molecule has 0 bridgehead atoms. The molecule has 2 unspecified atom stereocenters. The third-order valence-corrected chi connectivity index (χ3v) is 10.8. The van der Waals surface area contributed by atoms with Gasteiger partial charge in [-0.3, -0.25) is 4.79 Å². The lowest BCUT2D eigenvalue weighted by atomic mass is 9.44. The second-order valence-electron chi connectivity index (χ2n) is 12.2. The van der Waals surface area contributed by atoms with Crippen molar-refractivity contribution in [1.82, 2.24) is 5.32 Å². The van der Waals surface area contributed by atoms with Gasteiger partial charge < -0.3 is 10.4 Å². The van der Waals surface area contributed by atoms with Crippen LogP contribution < -0.4 is 5.32 Å². The Kier molecular flexibility index (Phi) is 6.60. The number of carbonyl (C=O) groups excluding carboxylic acids is 1. The summed E-state index contributed by atoms with van der Waals surface area (Å²) >= 11 is 0. The second kappa shape index (κ2) is 8.75. The average Bonchev–Trinajstić information content (AvgIpc) is 3.08. The van der Waals surface area contributed by atoms with Crippen molar-refractivity contribution in [3.05, 3.63) is 0 Å². The zero-order valence-electron chi connectivity index (χ0n) is 20.1. The molecule has 172 valence electrons. The van der Waals surface area contributed by atoms with Gasteiger partial charge in [0.25, 0.3) is 0 Å². The first-order valence-electron chi connectivity index (χ1n) is 13.2. The maximum Gasteiger partial charge on any atom is 0.220 e. The molecular weight excluding hydrogens is 370 g/mol. The van der Waals surface area contributed by atoms with E-state index in [1.54, 1.807) is 0 Å².